The number of esters is 1. The first-order chi connectivity index (χ1) is 14.0. The van der Waals surface area contributed by atoms with Crippen LogP contribution in [0, 0.1) is 0 Å². The maximum absolute atomic E-state index is 12.5. The average Bonchev–Trinajstić information content (AvgIpc) is 2.73. The molecule has 6 nitrogen and oxygen atoms in total. The first-order valence-corrected chi connectivity index (χ1v) is 9.01. The predicted octanol–water partition coefficient (Wildman–Crippen LogP) is 4.63. The Balaban J connectivity index is 1.73. The maximum atomic E-state index is 12.5. The van der Waals surface area contributed by atoms with Crippen molar-refractivity contribution < 1.29 is 19.1 Å². The molecule has 0 aliphatic rings. The molecule has 0 radical (unpaired) electrons. The molecule has 0 aliphatic heterocycles. The summed E-state index contributed by atoms with van der Waals surface area (Å²) in [4.78, 5) is 36.6. The summed E-state index contributed by atoms with van der Waals surface area (Å²) >= 11 is 5.93. The van der Waals surface area contributed by atoms with Gasteiger partial charge in [-0.25, -0.2) is 4.79 Å². The second-order valence-electron chi connectivity index (χ2n) is 6.07. The zero-order valence-electron chi connectivity index (χ0n) is 15.4. The zero-order chi connectivity index (χ0) is 20.8. The smallest absolute Gasteiger partial charge is 0.337 e. The Hall–Kier alpha value is -3.64. The molecule has 3 aromatic carbocycles. The summed E-state index contributed by atoms with van der Waals surface area (Å²) in [5.74, 6) is -1.28. The molecule has 2 amide bonds. The lowest BCUT2D eigenvalue weighted by Crippen LogP contribution is -2.15. The van der Waals surface area contributed by atoms with Crippen molar-refractivity contribution in [2.45, 2.75) is 0 Å². The van der Waals surface area contributed by atoms with E-state index in [9.17, 15) is 14.4 Å². The number of anilines is 2. The molecule has 0 spiro atoms. The van der Waals surface area contributed by atoms with E-state index in [1.165, 1.54) is 13.2 Å². The van der Waals surface area contributed by atoms with Crippen molar-refractivity contribution in [1.29, 1.82) is 0 Å². The van der Waals surface area contributed by atoms with Crippen molar-refractivity contribution in [2.75, 3.05) is 17.7 Å². The van der Waals surface area contributed by atoms with Gasteiger partial charge in [-0.3, -0.25) is 9.59 Å². The molecule has 3 aromatic rings. The standard InChI is InChI=1S/C22H17ClN2O4/c1-29-22(28)16-7-2-5-14(11-16)20(26)24-18-9-3-6-15(12-18)21(27)25-19-10-4-8-17(23)13-19/h2-13H,1H3,(H,24,26)(H,25,27). The fraction of sp³-hybridized carbons (Fsp3) is 0.0455. The summed E-state index contributed by atoms with van der Waals surface area (Å²) in [5, 5.41) is 5.98. The van der Waals surface area contributed by atoms with E-state index in [0.29, 0.717) is 27.5 Å². The molecular formula is C22H17ClN2O4. The van der Waals surface area contributed by atoms with Gasteiger partial charge < -0.3 is 15.4 Å². The monoisotopic (exact) mass is 408 g/mol. The van der Waals surface area contributed by atoms with Crippen LogP contribution in [0.2, 0.25) is 5.02 Å². The van der Waals surface area contributed by atoms with Gasteiger partial charge in [-0.1, -0.05) is 29.8 Å². The number of halogens is 1. The van der Waals surface area contributed by atoms with Crippen molar-refractivity contribution in [3.05, 3.63) is 94.5 Å². The van der Waals surface area contributed by atoms with Crippen LogP contribution in [-0.4, -0.2) is 24.9 Å². The van der Waals surface area contributed by atoms with Crippen molar-refractivity contribution in [3.63, 3.8) is 0 Å². The SMILES string of the molecule is COC(=O)c1cccc(C(=O)Nc2cccc(C(=O)Nc3cccc(Cl)c3)c2)c1. The fourth-order valence-electron chi connectivity index (χ4n) is 2.62. The number of nitrogens with one attached hydrogen (secondary N) is 2. The summed E-state index contributed by atoms with van der Waals surface area (Å²) in [6, 6.07) is 19.5. The van der Waals surface area contributed by atoms with Crippen molar-refractivity contribution in [1.82, 2.24) is 0 Å². The Bertz CT molecular complexity index is 1080. The van der Waals surface area contributed by atoms with E-state index in [0.717, 1.165) is 0 Å². The third-order valence-corrected chi connectivity index (χ3v) is 4.25. The zero-order valence-corrected chi connectivity index (χ0v) is 16.2. The summed E-state index contributed by atoms with van der Waals surface area (Å²) in [7, 11) is 1.27. The lowest BCUT2D eigenvalue weighted by molar-refractivity contribution is 0.0600. The normalized spacial score (nSPS) is 10.1. The van der Waals surface area contributed by atoms with Crippen LogP contribution in [-0.2, 0) is 4.74 Å². The van der Waals surface area contributed by atoms with Crippen LogP contribution in [0.3, 0.4) is 0 Å². The van der Waals surface area contributed by atoms with Crippen LogP contribution >= 0.6 is 11.6 Å². The number of hydrogen-bond acceptors (Lipinski definition) is 4. The van der Waals surface area contributed by atoms with Gasteiger partial charge in [0.25, 0.3) is 11.8 Å². The second-order valence-corrected chi connectivity index (χ2v) is 6.51. The van der Waals surface area contributed by atoms with Gasteiger partial charge in [-0.05, 0) is 54.6 Å². The predicted molar refractivity (Wildman–Crippen MR) is 112 cm³/mol. The number of methoxy groups -OCH3 is 1. The molecule has 146 valence electrons. The third kappa shape index (κ3) is 5.21. The van der Waals surface area contributed by atoms with E-state index < -0.39 is 11.9 Å². The average molecular weight is 409 g/mol. The minimum atomic E-state index is -0.528. The summed E-state index contributed by atoms with van der Waals surface area (Å²) in [5.41, 5.74) is 1.94. The number of rotatable bonds is 5. The molecule has 0 aliphatic carbocycles. The first kappa shape index (κ1) is 20.1. The quantitative estimate of drug-likeness (QED) is 0.603. The molecule has 0 aromatic heterocycles. The highest BCUT2D eigenvalue weighted by Crippen LogP contribution is 2.18. The Labute approximate surface area is 172 Å². The van der Waals surface area contributed by atoms with Crippen LogP contribution in [0.25, 0.3) is 0 Å². The fourth-order valence-corrected chi connectivity index (χ4v) is 2.81. The molecule has 2 N–H and O–H groups in total. The molecule has 0 atom stereocenters. The van der Waals surface area contributed by atoms with E-state index in [1.54, 1.807) is 66.7 Å². The molecular weight excluding hydrogens is 392 g/mol. The van der Waals surface area contributed by atoms with Crippen molar-refractivity contribution in [2.24, 2.45) is 0 Å². The van der Waals surface area contributed by atoms with Gasteiger partial charge in [0.2, 0.25) is 0 Å². The molecule has 0 saturated carbocycles. The molecule has 0 heterocycles. The number of hydrogen-bond donors (Lipinski definition) is 2. The van der Waals surface area contributed by atoms with Crippen molar-refractivity contribution in [3.8, 4) is 0 Å². The van der Waals surface area contributed by atoms with Crippen molar-refractivity contribution >= 4 is 40.8 Å². The van der Waals surface area contributed by atoms with E-state index >= 15 is 0 Å². The number of amides is 2. The minimum absolute atomic E-state index is 0.273. The maximum Gasteiger partial charge on any atom is 0.337 e. The lowest BCUT2D eigenvalue weighted by Gasteiger charge is -2.09. The van der Waals surface area contributed by atoms with Gasteiger partial charge in [0.15, 0.2) is 0 Å². The van der Waals surface area contributed by atoms with Gasteiger partial charge >= 0.3 is 5.97 Å². The number of ether oxygens (including phenoxy) is 1. The van der Waals surface area contributed by atoms with Gasteiger partial charge in [0, 0.05) is 27.5 Å². The molecule has 3 rings (SSSR count). The Morgan fingerprint density at radius 2 is 1.24 bits per heavy atom. The van der Waals surface area contributed by atoms with Crippen LogP contribution in [0.15, 0.2) is 72.8 Å². The third-order valence-electron chi connectivity index (χ3n) is 4.01. The van der Waals surface area contributed by atoms with E-state index in [4.69, 9.17) is 11.6 Å². The molecule has 0 unspecified atom stereocenters. The Kier molecular flexibility index (Phi) is 6.26. The molecule has 7 heteroatoms. The first-order valence-electron chi connectivity index (χ1n) is 8.63. The number of benzene rings is 3. The lowest BCUT2D eigenvalue weighted by atomic mass is 10.1. The molecule has 29 heavy (non-hydrogen) atoms. The number of carbonyl (C=O) groups excluding carboxylic acids is 3. The topological polar surface area (TPSA) is 84.5 Å². The summed E-state index contributed by atoms with van der Waals surface area (Å²) < 4.78 is 4.66. The van der Waals surface area contributed by atoms with Gasteiger partial charge in [-0.2, -0.15) is 0 Å². The van der Waals surface area contributed by atoms with E-state index in [2.05, 4.69) is 15.4 Å². The van der Waals surface area contributed by atoms with Gasteiger partial charge in [-0.15, -0.1) is 0 Å². The van der Waals surface area contributed by atoms with E-state index in [1.807, 2.05) is 0 Å². The van der Waals surface area contributed by atoms with Gasteiger partial charge in [0.05, 0.1) is 12.7 Å². The highest BCUT2D eigenvalue weighted by molar-refractivity contribution is 6.31. The van der Waals surface area contributed by atoms with Crippen LogP contribution in [0.5, 0.6) is 0 Å². The van der Waals surface area contributed by atoms with E-state index in [-0.39, 0.29) is 11.5 Å². The highest BCUT2D eigenvalue weighted by atomic mass is 35.5. The van der Waals surface area contributed by atoms with Crippen LogP contribution < -0.4 is 10.6 Å². The van der Waals surface area contributed by atoms with Crippen LogP contribution in [0.1, 0.15) is 31.1 Å². The Morgan fingerprint density at radius 3 is 1.86 bits per heavy atom. The largest absolute Gasteiger partial charge is 0.465 e. The summed E-state index contributed by atoms with van der Waals surface area (Å²) in [6.07, 6.45) is 0. The summed E-state index contributed by atoms with van der Waals surface area (Å²) in [6.45, 7) is 0. The molecule has 0 bridgehead atoms. The van der Waals surface area contributed by atoms with Crippen LogP contribution in [0.4, 0.5) is 11.4 Å². The van der Waals surface area contributed by atoms with Gasteiger partial charge in [0.1, 0.15) is 0 Å². The number of carbonyl (C=O) groups is 3. The highest BCUT2D eigenvalue weighted by Gasteiger charge is 2.12. The Morgan fingerprint density at radius 1 is 0.724 bits per heavy atom. The second kappa shape index (κ2) is 9.03. The molecule has 0 saturated heterocycles. The molecule has 0 fully saturated rings. The minimum Gasteiger partial charge on any atom is -0.465 e.